The lowest BCUT2D eigenvalue weighted by Crippen LogP contribution is -3.13. The van der Waals surface area contributed by atoms with E-state index in [4.69, 9.17) is 9.47 Å². The molecule has 8 nitrogen and oxygen atoms in total. The normalized spacial score (nSPS) is 20.3. The molecule has 2 bridgehead atoms. The number of hydrogen-bond donors (Lipinski definition) is 2. The van der Waals surface area contributed by atoms with E-state index in [2.05, 4.69) is 22.7 Å². The third-order valence-corrected chi connectivity index (χ3v) is 7.01. The lowest BCUT2D eigenvalue weighted by molar-refractivity contribution is -0.924. The van der Waals surface area contributed by atoms with Crippen LogP contribution in [0, 0.1) is 5.92 Å². The molecule has 1 aromatic heterocycles. The average Bonchev–Trinajstić information content (AvgIpc) is 2.90. The van der Waals surface area contributed by atoms with Gasteiger partial charge in [0, 0.05) is 35.7 Å². The second-order valence-electron chi connectivity index (χ2n) is 9.73. The van der Waals surface area contributed by atoms with Crippen LogP contribution in [-0.4, -0.2) is 43.0 Å². The van der Waals surface area contributed by atoms with Gasteiger partial charge in [-0.1, -0.05) is 24.3 Å². The maximum Gasteiger partial charge on any atom is 0.277 e. The van der Waals surface area contributed by atoms with E-state index in [1.54, 1.807) is 24.4 Å². The number of likely N-dealkylation sites (tertiary alicyclic amines) is 1. The van der Waals surface area contributed by atoms with Gasteiger partial charge in [-0.05, 0) is 55.3 Å². The first-order chi connectivity index (χ1) is 18.1. The van der Waals surface area contributed by atoms with Gasteiger partial charge in [0.05, 0.1) is 25.9 Å². The van der Waals surface area contributed by atoms with Gasteiger partial charge in [0.15, 0.2) is 6.61 Å². The Labute approximate surface area is 216 Å². The van der Waals surface area contributed by atoms with E-state index < -0.39 is 0 Å². The molecule has 0 spiro atoms. The van der Waals surface area contributed by atoms with E-state index in [9.17, 15) is 9.59 Å². The predicted molar refractivity (Wildman–Crippen MR) is 141 cm³/mol. The predicted octanol–water partition coefficient (Wildman–Crippen LogP) is 1.98. The van der Waals surface area contributed by atoms with Gasteiger partial charge in [0.25, 0.3) is 11.5 Å². The first-order valence-corrected chi connectivity index (χ1v) is 12.9. The smallest absolute Gasteiger partial charge is 0.277 e. The fourth-order valence-corrected chi connectivity index (χ4v) is 5.52. The second-order valence-corrected chi connectivity index (χ2v) is 9.73. The standard InChI is InChI=1S/C29H32N4O4/c1-2-36-27-12-11-21(15-30-31-28(34)20-37-25-7-4-3-5-8-25)13-24(27)19-32-16-22-14-23(18-32)26-9-6-10-29(35)33(26)17-22/h3-13,15,22-23H,2,14,16-20H2,1H3,(H,31,34)/p+1. The van der Waals surface area contributed by atoms with Crippen molar-refractivity contribution in [2.75, 3.05) is 26.3 Å². The van der Waals surface area contributed by atoms with E-state index in [-0.39, 0.29) is 18.1 Å². The number of fused-ring (bicyclic) bond motifs is 4. The van der Waals surface area contributed by atoms with Crippen LogP contribution in [0.4, 0.5) is 0 Å². The highest BCUT2D eigenvalue weighted by molar-refractivity contribution is 5.83. The summed E-state index contributed by atoms with van der Waals surface area (Å²) in [5, 5.41) is 4.11. The monoisotopic (exact) mass is 501 g/mol. The number of aromatic nitrogens is 1. The van der Waals surface area contributed by atoms with Crippen molar-refractivity contribution in [3.8, 4) is 11.5 Å². The summed E-state index contributed by atoms with van der Waals surface area (Å²) in [4.78, 5) is 25.9. The summed E-state index contributed by atoms with van der Waals surface area (Å²) in [6, 6.07) is 20.8. The summed E-state index contributed by atoms with van der Waals surface area (Å²) >= 11 is 0. The van der Waals surface area contributed by atoms with Crippen molar-refractivity contribution < 1.29 is 19.2 Å². The molecule has 37 heavy (non-hydrogen) atoms. The van der Waals surface area contributed by atoms with Gasteiger partial charge in [-0.15, -0.1) is 0 Å². The first kappa shape index (κ1) is 24.8. The number of para-hydroxylation sites is 1. The van der Waals surface area contributed by atoms with E-state index in [1.165, 1.54) is 10.6 Å². The molecule has 2 aliphatic rings. The molecule has 8 heteroatoms. The van der Waals surface area contributed by atoms with Crippen molar-refractivity contribution in [1.29, 1.82) is 0 Å². The van der Waals surface area contributed by atoms with E-state index in [0.29, 0.717) is 24.2 Å². The van der Waals surface area contributed by atoms with Gasteiger partial charge in [0.2, 0.25) is 0 Å². The Morgan fingerprint density at radius 3 is 2.81 bits per heavy atom. The summed E-state index contributed by atoms with van der Waals surface area (Å²) in [6.07, 6.45) is 2.79. The fraction of sp³-hybridized carbons (Fsp3) is 0.345. The molecule has 3 aromatic rings. The van der Waals surface area contributed by atoms with Crippen molar-refractivity contribution in [2.45, 2.75) is 32.4 Å². The van der Waals surface area contributed by atoms with Crippen molar-refractivity contribution >= 4 is 12.1 Å². The van der Waals surface area contributed by atoms with Crippen molar-refractivity contribution in [3.63, 3.8) is 0 Å². The van der Waals surface area contributed by atoms with Crippen LogP contribution < -0.4 is 25.4 Å². The molecular weight excluding hydrogens is 468 g/mol. The maximum absolute atomic E-state index is 12.3. The molecule has 3 heterocycles. The zero-order chi connectivity index (χ0) is 25.6. The Morgan fingerprint density at radius 1 is 1.11 bits per heavy atom. The number of piperidine rings is 1. The lowest BCUT2D eigenvalue weighted by Gasteiger charge is -2.40. The zero-order valence-corrected chi connectivity index (χ0v) is 21.1. The molecule has 0 radical (unpaired) electrons. The van der Waals surface area contributed by atoms with Crippen LogP contribution in [0.2, 0.25) is 0 Å². The quantitative estimate of drug-likeness (QED) is 0.347. The molecule has 2 aromatic carbocycles. The highest BCUT2D eigenvalue weighted by Gasteiger charge is 2.37. The summed E-state index contributed by atoms with van der Waals surface area (Å²) in [6.45, 7) is 6.12. The van der Waals surface area contributed by atoms with Gasteiger partial charge < -0.3 is 18.9 Å². The minimum absolute atomic E-state index is 0.105. The Balaban J connectivity index is 1.23. The molecule has 3 unspecified atom stereocenters. The SMILES string of the molecule is CCOc1ccc(C=NNC(=O)COc2ccccc2)cc1C[NH+]1CC2CC(C1)c1cccc(=O)n1C2. The molecular formula is C29H33N4O4+. The van der Waals surface area contributed by atoms with Crippen molar-refractivity contribution in [1.82, 2.24) is 9.99 Å². The molecule has 3 atom stereocenters. The van der Waals surface area contributed by atoms with Gasteiger partial charge in [-0.2, -0.15) is 5.10 Å². The minimum atomic E-state index is -0.324. The molecule has 2 N–H and O–H groups in total. The highest BCUT2D eigenvalue weighted by Crippen LogP contribution is 2.30. The van der Waals surface area contributed by atoms with E-state index >= 15 is 0 Å². The van der Waals surface area contributed by atoms with Crippen molar-refractivity contribution in [3.05, 3.63) is 93.9 Å². The number of nitrogens with one attached hydrogen (secondary N) is 2. The van der Waals surface area contributed by atoms with Crippen LogP contribution in [0.5, 0.6) is 11.5 Å². The van der Waals surface area contributed by atoms with E-state index in [0.717, 1.165) is 49.5 Å². The van der Waals surface area contributed by atoms with Crippen LogP contribution in [0.25, 0.3) is 0 Å². The molecule has 192 valence electrons. The molecule has 5 rings (SSSR count). The van der Waals surface area contributed by atoms with Crippen LogP contribution in [0.1, 0.15) is 36.1 Å². The summed E-state index contributed by atoms with van der Waals surface area (Å²) in [5.41, 5.74) is 5.80. The number of carbonyl (C=O) groups is 1. The number of benzene rings is 2. The minimum Gasteiger partial charge on any atom is -0.493 e. The number of amides is 1. The van der Waals surface area contributed by atoms with Crippen LogP contribution >= 0.6 is 0 Å². The second kappa shape index (κ2) is 11.4. The molecule has 0 aliphatic carbocycles. The molecule has 0 saturated carbocycles. The lowest BCUT2D eigenvalue weighted by atomic mass is 9.83. The number of nitrogens with zero attached hydrogens (tertiary/aromatic N) is 2. The molecule has 1 fully saturated rings. The number of pyridine rings is 1. The topological polar surface area (TPSA) is 86.4 Å². The van der Waals surface area contributed by atoms with Gasteiger partial charge in [0.1, 0.15) is 18.0 Å². The summed E-state index contributed by atoms with van der Waals surface area (Å²) in [5.74, 6) is 2.08. The third kappa shape index (κ3) is 6.09. The van der Waals surface area contributed by atoms with Crippen LogP contribution in [0.3, 0.4) is 0 Å². The maximum atomic E-state index is 12.3. The number of quaternary nitrogens is 1. The number of carbonyl (C=O) groups excluding carboxylic acids is 1. The molecule has 1 saturated heterocycles. The van der Waals surface area contributed by atoms with Gasteiger partial charge >= 0.3 is 0 Å². The van der Waals surface area contributed by atoms with Gasteiger partial charge in [-0.3, -0.25) is 9.59 Å². The number of ether oxygens (including phenoxy) is 2. The fourth-order valence-electron chi connectivity index (χ4n) is 5.52. The Kier molecular flexibility index (Phi) is 7.65. The highest BCUT2D eigenvalue weighted by atomic mass is 16.5. The number of hydrogen-bond acceptors (Lipinski definition) is 5. The Morgan fingerprint density at radius 2 is 1.97 bits per heavy atom. The molecule has 1 amide bonds. The Bertz CT molecular complexity index is 1320. The third-order valence-electron chi connectivity index (χ3n) is 7.01. The number of hydrazone groups is 1. The summed E-state index contributed by atoms with van der Waals surface area (Å²) < 4.78 is 13.3. The first-order valence-electron chi connectivity index (χ1n) is 12.9. The summed E-state index contributed by atoms with van der Waals surface area (Å²) in [7, 11) is 0. The van der Waals surface area contributed by atoms with E-state index in [1.807, 2.05) is 47.9 Å². The average molecular weight is 502 g/mol. The Hall–Kier alpha value is -3.91. The largest absolute Gasteiger partial charge is 0.493 e. The van der Waals surface area contributed by atoms with Crippen molar-refractivity contribution in [2.24, 2.45) is 11.0 Å². The van der Waals surface area contributed by atoms with Gasteiger partial charge in [-0.25, -0.2) is 5.43 Å². The zero-order valence-electron chi connectivity index (χ0n) is 21.1. The number of rotatable bonds is 9. The molecule has 2 aliphatic heterocycles. The van der Waals surface area contributed by atoms with Crippen LogP contribution in [0.15, 0.2) is 76.6 Å². The van der Waals surface area contributed by atoms with Crippen LogP contribution in [-0.2, 0) is 17.9 Å².